The molecule has 0 saturated heterocycles. The first-order chi connectivity index (χ1) is 17.3. The molecule has 1 aliphatic carbocycles. The summed E-state index contributed by atoms with van der Waals surface area (Å²) in [6, 6.07) is 21.8. The number of ether oxygens (including phenoxy) is 1. The Morgan fingerprint density at radius 3 is 2.50 bits per heavy atom. The van der Waals surface area contributed by atoms with Crippen LogP contribution in [0.4, 0.5) is 10.5 Å². The van der Waals surface area contributed by atoms with Crippen LogP contribution in [0.5, 0.6) is 0 Å². The minimum Gasteiger partial charge on any atom is -0.441 e. The van der Waals surface area contributed by atoms with Gasteiger partial charge in [0.25, 0.3) is 0 Å². The van der Waals surface area contributed by atoms with Gasteiger partial charge in [0, 0.05) is 5.56 Å². The number of nitrogens with zero attached hydrogens (tertiary/aromatic N) is 1. The van der Waals surface area contributed by atoms with E-state index in [0.29, 0.717) is 5.69 Å². The smallest absolute Gasteiger partial charge is 0.412 e. The van der Waals surface area contributed by atoms with Crippen LogP contribution in [0.25, 0.3) is 21.2 Å². The number of nitrogens with one attached hydrogen (secondary N) is 1. The van der Waals surface area contributed by atoms with Gasteiger partial charge >= 0.3 is 6.09 Å². The Morgan fingerprint density at radius 2 is 1.78 bits per heavy atom. The maximum Gasteiger partial charge on any atom is 0.412 e. The van der Waals surface area contributed by atoms with Gasteiger partial charge in [-0.25, -0.2) is 4.79 Å². The van der Waals surface area contributed by atoms with Gasteiger partial charge in [-0.1, -0.05) is 60.4 Å². The number of aryl methyl sites for hydroxylation is 1. The summed E-state index contributed by atoms with van der Waals surface area (Å²) in [5.74, 6) is 6.53. The number of carbonyl (C=O) groups excluding carboxylic acids is 2. The van der Waals surface area contributed by atoms with E-state index in [2.05, 4.69) is 27.6 Å². The van der Waals surface area contributed by atoms with Crippen molar-refractivity contribution in [2.45, 2.75) is 39.7 Å². The Morgan fingerprint density at radius 1 is 1.06 bits per heavy atom. The Kier molecular flexibility index (Phi) is 6.34. The van der Waals surface area contributed by atoms with E-state index in [0.717, 1.165) is 50.9 Å². The number of hydrogen-bond acceptors (Lipinski definition) is 5. The molecule has 0 aliphatic heterocycles. The van der Waals surface area contributed by atoms with Crippen molar-refractivity contribution in [1.29, 1.82) is 0 Å². The average Bonchev–Trinajstić information content (AvgIpc) is 3.60. The van der Waals surface area contributed by atoms with Crippen LogP contribution in [0.15, 0.2) is 66.7 Å². The topological polar surface area (TPSA) is 68.3 Å². The van der Waals surface area contributed by atoms with Gasteiger partial charge in [-0.2, -0.15) is 4.37 Å². The zero-order chi connectivity index (χ0) is 25.3. The predicted octanol–water partition coefficient (Wildman–Crippen LogP) is 7.30. The zero-order valence-corrected chi connectivity index (χ0v) is 21.2. The molecule has 0 bridgehead atoms. The summed E-state index contributed by atoms with van der Waals surface area (Å²) in [6.07, 6.45) is 0.828. The fourth-order valence-electron chi connectivity index (χ4n) is 4.14. The van der Waals surface area contributed by atoms with E-state index in [-0.39, 0.29) is 11.9 Å². The van der Waals surface area contributed by atoms with Crippen LogP contribution in [0, 0.1) is 24.2 Å². The molecule has 0 unspecified atom stereocenters. The van der Waals surface area contributed by atoms with Crippen molar-refractivity contribution in [3.8, 4) is 22.3 Å². The quantitative estimate of drug-likeness (QED) is 0.296. The van der Waals surface area contributed by atoms with Gasteiger partial charge in [-0.3, -0.25) is 10.1 Å². The predicted molar refractivity (Wildman–Crippen MR) is 144 cm³/mol. The summed E-state index contributed by atoms with van der Waals surface area (Å²) in [5.41, 5.74) is 3.77. The molecule has 1 fully saturated rings. The second kappa shape index (κ2) is 9.60. The van der Waals surface area contributed by atoms with Crippen molar-refractivity contribution < 1.29 is 14.3 Å². The van der Waals surface area contributed by atoms with Crippen LogP contribution in [0.2, 0.25) is 0 Å². The molecule has 4 aromatic rings. The van der Waals surface area contributed by atoms with E-state index in [9.17, 15) is 9.59 Å². The third kappa shape index (κ3) is 4.89. The Bertz CT molecular complexity index is 1520. The molecule has 1 aromatic heterocycles. The Hall–Kier alpha value is -3.95. The van der Waals surface area contributed by atoms with E-state index >= 15 is 0 Å². The molecule has 0 radical (unpaired) electrons. The fourth-order valence-corrected chi connectivity index (χ4v) is 4.99. The second-order valence-electron chi connectivity index (χ2n) is 9.22. The fraction of sp³-hybridized carbons (Fsp3) is 0.233. The minimum atomic E-state index is -0.515. The average molecular weight is 495 g/mol. The van der Waals surface area contributed by atoms with Crippen molar-refractivity contribution in [1.82, 2.24) is 4.37 Å². The van der Waals surface area contributed by atoms with Gasteiger partial charge in [-0.05, 0) is 85.2 Å². The molecule has 1 atom stereocenters. The maximum atomic E-state index is 12.7. The molecule has 1 aliphatic rings. The number of anilines is 1. The standard InChI is InChI=1S/C30H26N2O3S/c1-19-27(31-29(34)35-20(2)23-7-5-4-6-8-23)28(36-32-19)26-12-11-24-17-22(9-10-25(24)18-26)13-14-30(15-16-30)21(3)33/h4-12,17-18,20H,15-16H2,1-3H3,(H,31,34)/t20-/m1/s1. The molecule has 180 valence electrons. The minimum absolute atomic E-state index is 0.156. The molecular weight excluding hydrogens is 468 g/mol. The summed E-state index contributed by atoms with van der Waals surface area (Å²) < 4.78 is 10.1. The molecule has 5 nitrogen and oxygen atoms in total. The number of rotatable bonds is 5. The molecule has 0 spiro atoms. The number of Topliss-reactive ketones (excluding diaryl/α,β-unsaturated/α-hetero) is 1. The van der Waals surface area contributed by atoms with Crippen molar-refractivity contribution >= 4 is 39.9 Å². The maximum absolute atomic E-state index is 12.7. The SMILES string of the molecule is CC(=O)C1(C#Cc2ccc3cc(-c4snc(C)c4NC(=O)O[C@H](C)c4ccccc4)ccc3c2)CC1. The Balaban J connectivity index is 1.35. The molecule has 6 heteroatoms. The van der Waals surface area contributed by atoms with Crippen molar-refractivity contribution in [3.05, 3.63) is 83.6 Å². The summed E-state index contributed by atoms with van der Waals surface area (Å²) >= 11 is 1.34. The van der Waals surface area contributed by atoms with E-state index < -0.39 is 11.5 Å². The number of hydrogen-bond donors (Lipinski definition) is 1. The van der Waals surface area contributed by atoms with Crippen LogP contribution in [-0.4, -0.2) is 16.3 Å². The highest BCUT2D eigenvalue weighted by Gasteiger charge is 2.45. The monoisotopic (exact) mass is 494 g/mol. The highest BCUT2D eigenvalue weighted by atomic mass is 32.1. The molecule has 1 saturated carbocycles. The van der Waals surface area contributed by atoms with Gasteiger partial charge in [0.05, 0.1) is 21.7 Å². The molecule has 1 heterocycles. The first-order valence-corrected chi connectivity index (χ1v) is 12.7. The van der Waals surface area contributed by atoms with E-state index in [1.54, 1.807) is 6.92 Å². The van der Waals surface area contributed by atoms with Crippen molar-refractivity contribution in [3.63, 3.8) is 0 Å². The van der Waals surface area contributed by atoms with Crippen LogP contribution in [-0.2, 0) is 9.53 Å². The van der Waals surface area contributed by atoms with E-state index in [1.165, 1.54) is 11.5 Å². The molecular formula is C30H26N2O3S. The lowest BCUT2D eigenvalue weighted by Crippen LogP contribution is -2.16. The number of fused-ring (bicyclic) bond motifs is 1. The number of benzene rings is 3. The third-order valence-corrected chi connectivity index (χ3v) is 7.60. The number of carbonyl (C=O) groups is 2. The van der Waals surface area contributed by atoms with Crippen LogP contribution in [0.1, 0.15) is 49.6 Å². The lowest BCUT2D eigenvalue weighted by atomic mass is 10.0. The van der Waals surface area contributed by atoms with E-state index in [4.69, 9.17) is 4.74 Å². The van der Waals surface area contributed by atoms with Gasteiger partial charge in [0.1, 0.15) is 11.9 Å². The third-order valence-electron chi connectivity index (χ3n) is 6.62. The summed E-state index contributed by atoms with van der Waals surface area (Å²) in [6.45, 7) is 5.34. The highest BCUT2D eigenvalue weighted by Crippen LogP contribution is 2.45. The second-order valence-corrected chi connectivity index (χ2v) is 9.99. The van der Waals surface area contributed by atoms with Gasteiger partial charge in [-0.15, -0.1) is 0 Å². The first kappa shape index (κ1) is 23.8. The Labute approximate surface area is 214 Å². The van der Waals surface area contributed by atoms with Gasteiger partial charge in [0.2, 0.25) is 0 Å². The molecule has 3 aromatic carbocycles. The van der Waals surface area contributed by atoms with Gasteiger partial charge < -0.3 is 4.74 Å². The highest BCUT2D eigenvalue weighted by molar-refractivity contribution is 7.10. The largest absolute Gasteiger partial charge is 0.441 e. The molecule has 1 N–H and O–H groups in total. The van der Waals surface area contributed by atoms with Crippen molar-refractivity contribution in [2.24, 2.45) is 5.41 Å². The first-order valence-electron chi connectivity index (χ1n) is 11.9. The number of amides is 1. The summed E-state index contributed by atoms with van der Waals surface area (Å²) in [4.78, 5) is 25.3. The lowest BCUT2D eigenvalue weighted by Gasteiger charge is -2.15. The van der Waals surface area contributed by atoms with Crippen molar-refractivity contribution in [2.75, 3.05) is 5.32 Å². The number of ketones is 1. The summed E-state index contributed by atoms with van der Waals surface area (Å²) in [5, 5.41) is 5.02. The van der Waals surface area contributed by atoms with Gasteiger partial charge in [0.15, 0.2) is 0 Å². The zero-order valence-electron chi connectivity index (χ0n) is 20.4. The normalized spacial score (nSPS) is 14.4. The molecule has 1 amide bonds. The molecule has 5 rings (SSSR count). The lowest BCUT2D eigenvalue weighted by molar-refractivity contribution is -0.120. The summed E-state index contributed by atoms with van der Waals surface area (Å²) in [7, 11) is 0. The molecule has 36 heavy (non-hydrogen) atoms. The number of aromatic nitrogens is 1. The van der Waals surface area contributed by atoms with Crippen LogP contribution < -0.4 is 5.32 Å². The van der Waals surface area contributed by atoms with E-state index in [1.807, 2.05) is 74.5 Å². The van der Waals surface area contributed by atoms with Crippen LogP contribution in [0.3, 0.4) is 0 Å². The van der Waals surface area contributed by atoms with Crippen LogP contribution >= 0.6 is 11.5 Å².